The second-order valence-electron chi connectivity index (χ2n) is 5.55. The summed E-state index contributed by atoms with van der Waals surface area (Å²) < 4.78 is 0. The van der Waals surface area contributed by atoms with Crippen molar-refractivity contribution in [1.82, 2.24) is 9.88 Å². The summed E-state index contributed by atoms with van der Waals surface area (Å²) >= 11 is 5.64. The van der Waals surface area contributed by atoms with Gasteiger partial charge in [-0.2, -0.15) is 0 Å². The number of carbonyl (C=O) groups is 1. The summed E-state index contributed by atoms with van der Waals surface area (Å²) in [5.41, 5.74) is 0.972. The van der Waals surface area contributed by atoms with E-state index in [1.165, 1.54) is 0 Å². The molecule has 1 aromatic rings. The topological polar surface area (TPSA) is 33.2 Å². The van der Waals surface area contributed by atoms with Gasteiger partial charge in [0.15, 0.2) is 0 Å². The molecule has 19 heavy (non-hydrogen) atoms. The Balaban J connectivity index is 0.00000324. The van der Waals surface area contributed by atoms with Crippen LogP contribution in [0.3, 0.4) is 0 Å². The predicted octanol–water partition coefficient (Wildman–Crippen LogP) is 3.16. The van der Waals surface area contributed by atoms with Crippen LogP contribution in [0, 0.1) is 5.41 Å². The lowest BCUT2D eigenvalue weighted by Crippen LogP contribution is -2.47. The fourth-order valence-corrected chi connectivity index (χ4v) is 2.20. The Labute approximate surface area is 126 Å². The number of amides is 1. The van der Waals surface area contributed by atoms with E-state index in [4.69, 9.17) is 11.6 Å². The van der Waals surface area contributed by atoms with Crippen LogP contribution in [0.25, 0.3) is 0 Å². The van der Waals surface area contributed by atoms with Gasteiger partial charge in [-0.25, -0.2) is 0 Å². The molecule has 1 heterocycles. The van der Waals surface area contributed by atoms with Crippen LogP contribution in [0.2, 0.25) is 0 Å². The Morgan fingerprint density at radius 1 is 1.42 bits per heavy atom. The van der Waals surface area contributed by atoms with E-state index in [2.05, 4.69) is 25.8 Å². The number of alkyl halides is 1. The number of pyridine rings is 1. The van der Waals surface area contributed by atoms with Crippen LogP contribution in [0.5, 0.6) is 0 Å². The van der Waals surface area contributed by atoms with E-state index < -0.39 is 0 Å². The first kappa shape index (κ1) is 18.2. The summed E-state index contributed by atoms with van der Waals surface area (Å²) in [6.45, 7) is 6.37. The molecule has 0 aliphatic heterocycles. The first-order valence-electron chi connectivity index (χ1n) is 6.07. The van der Waals surface area contributed by atoms with Crippen molar-refractivity contribution < 1.29 is 4.79 Å². The second-order valence-corrected chi connectivity index (χ2v) is 5.81. The number of aromatic nitrogens is 1. The Kier molecular flexibility index (Phi) is 7.38. The van der Waals surface area contributed by atoms with Crippen molar-refractivity contribution in [2.75, 3.05) is 12.9 Å². The Bertz CT molecular complexity index is 390. The zero-order valence-corrected chi connectivity index (χ0v) is 13.5. The summed E-state index contributed by atoms with van der Waals surface area (Å²) in [5.74, 6) is -0.0294. The van der Waals surface area contributed by atoms with Crippen molar-refractivity contribution in [2.24, 2.45) is 5.41 Å². The molecule has 1 amide bonds. The third-order valence-corrected chi connectivity index (χ3v) is 3.33. The summed E-state index contributed by atoms with van der Waals surface area (Å²) in [6.07, 6.45) is 2.52. The number of hydrogen-bond donors (Lipinski definition) is 0. The molecule has 0 aliphatic carbocycles. The smallest absolute Gasteiger partial charge is 0.237 e. The highest BCUT2D eigenvalue weighted by atomic mass is 35.5. The third kappa shape index (κ3) is 5.37. The largest absolute Gasteiger partial charge is 0.341 e. The number of hydrogen-bond acceptors (Lipinski definition) is 2. The fraction of sp³-hybridized carbons (Fsp3) is 0.571. The van der Waals surface area contributed by atoms with E-state index in [-0.39, 0.29) is 35.7 Å². The minimum atomic E-state index is -0.0486. The van der Waals surface area contributed by atoms with Crippen molar-refractivity contribution in [3.63, 3.8) is 0 Å². The lowest BCUT2D eigenvalue weighted by molar-refractivity contribution is -0.131. The summed E-state index contributed by atoms with van der Waals surface area (Å²) in [7, 11) is 1.81. The van der Waals surface area contributed by atoms with Gasteiger partial charge in [-0.3, -0.25) is 9.78 Å². The molecule has 0 saturated heterocycles. The molecule has 0 spiro atoms. The molecule has 0 aliphatic rings. The van der Waals surface area contributed by atoms with Crippen LogP contribution < -0.4 is 0 Å². The van der Waals surface area contributed by atoms with Gasteiger partial charge in [-0.15, -0.1) is 24.0 Å². The Morgan fingerprint density at radius 2 is 2.05 bits per heavy atom. The van der Waals surface area contributed by atoms with Crippen LogP contribution in [-0.4, -0.2) is 34.8 Å². The molecule has 0 radical (unpaired) electrons. The molecular formula is C14H22Cl2N2O. The number of rotatable bonds is 4. The molecule has 5 heteroatoms. The van der Waals surface area contributed by atoms with E-state index in [1.54, 1.807) is 11.1 Å². The number of likely N-dealkylation sites (N-methyl/N-ethyl adjacent to an activating group) is 1. The zero-order chi connectivity index (χ0) is 13.8. The van der Waals surface area contributed by atoms with E-state index >= 15 is 0 Å². The number of nitrogens with zero attached hydrogens (tertiary/aromatic N) is 2. The van der Waals surface area contributed by atoms with Crippen molar-refractivity contribution in [2.45, 2.75) is 33.2 Å². The van der Waals surface area contributed by atoms with Crippen molar-refractivity contribution in [3.05, 3.63) is 30.1 Å². The van der Waals surface area contributed by atoms with Crippen molar-refractivity contribution in [3.8, 4) is 0 Å². The number of carbonyl (C=O) groups excluding carboxylic acids is 1. The maximum absolute atomic E-state index is 11.8. The minimum Gasteiger partial charge on any atom is -0.341 e. The molecule has 1 rings (SSSR count). The quantitative estimate of drug-likeness (QED) is 0.801. The summed E-state index contributed by atoms with van der Waals surface area (Å²) in [4.78, 5) is 17.8. The van der Waals surface area contributed by atoms with Gasteiger partial charge in [0.25, 0.3) is 0 Å². The van der Waals surface area contributed by atoms with Crippen LogP contribution >= 0.6 is 24.0 Å². The molecule has 1 aromatic heterocycles. The van der Waals surface area contributed by atoms with E-state index in [1.807, 2.05) is 25.2 Å². The van der Waals surface area contributed by atoms with Crippen LogP contribution in [-0.2, 0) is 11.2 Å². The van der Waals surface area contributed by atoms with Gasteiger partial charge in [0.1, 0.15) is 5.88 Å². The Hall–Kier alpha value is -0.800. The average molecular weight is 305 g/mol. The van der Waals surface area contributed by atoms with Gasteiger partial charge in [0.05, 0.1) is 0 Å². The van der Waals surface area contributed by atoms with Gasteiger partial charge in [0, 0.05) is 31.4 Å². The minimum absolute atomic E-state index is 0. The highest BCUT2D eigenvalue weighted by Crippen LogP contribution is 2.26. The summed E-state index contributed by atoms with van der Waals surface area (Å²) in [6, 6.07) is 5.92. The predicted molar refractivity (Wildman–Crippen MR) is 81.9 cm³/mol. The van der Waals surface area contributed by atoms with Crippen LogP contribution in [0.1, 0.15) is 26.5 Å². The monoisotopic (exact) mass is 304 g/mol. The standard InChI is InChI=1S/C14H21ClN2O.ClH/c1-14(2,3)12(17(4)13(18)10-15)9-11-7-5-6-8-16-11;/h5-8,12H,9-10H2,1-4H3;1H. The zero-order valence-electron chi connectivity index (χ0n) is 11.9. The molecule has 0 saturated carbocycles. The number of halogens is 2. The van der Waals surface area contributed by atoms with Crippen molar-refractivity contribution in [1.29, 1.82) is 0 Å². The fourth-order valence-electron chi connectivity index (χ4n) is 2.01. The molecule has 0 bridgehead atoms. The Morgan fingerprint density at radius 3 is 2.47 bits per heavy atom. The molecule has 108 valence electrons. The molecule has 0 aromatic carbocycles. The first-order valence-corrected chi connectivity index (χ1v) is 6.61. The van der Waals surface area contributed by atoms with E-state index in [0.717, 1.165) is 12.1 Å². The normalized spacial score (nSPS) is 12.5. The van der Waals surface area contributed by atoms with Crippen molar-refractivity contribution >= 4 is 29.9 Å². The highest BCUT2D eigenvalue weighted by Gasteiger charge is 2.31. The SMILES string of the molecule is CN(C(=O)CCl)C(Cc1ccccn1)C(C)(C)C.Cl. The second kappa shape index (κ2) is 7.71. The summed E-state index contributed by atoms with van der Waals surface area (Å²) in [5, 5.41) is 0. The van der Waals surface area contributed by atoms with Crippen LogP contribution in [0.15, 0.2) is 24.4 Å². The molecule has 3 nitrogen and oxygen atoms in total. The van der Waals surface area contributed by atoms with Gasteiger partial charge < -0.3 is 4.90 Å². The third-order valence-electron chi connectivity index (χ3n) is 3.10. The van der Waals surface area contributed by atoms with Gasteiger partial charge in [-0.1, -0.05) is 26.8 Å². The van der Waals surface area contributed by atoms with Gasteiger partial charge in [0.2, 0.25) is 5.91 Å². The lowest BCUT2D eigenvalue weighted by atomic mass is 9.83. The molecule has 1 unspecified atom stereocenters. The van der Waals surface area contributed by atoms with E-state index in [0.29, 0.717) is 0 Å². The van der Waals surface area contributed by atoms with E-state index in [9.17, 15) is 4.79 Å². The molecule has 0 N–H and O–H groups in total. The molecular weight excluding hydrogens is 283 g/mol. The van der Waals surface area contributed by atoms with Crippen LogP contribution in [0.4, 0.5) is 0 Å². The molecule has 1 atom stereocenters. The lowest BCUT2D eigenvalue weighted by Gasteiger charge is -2.37. The maximum atomic E-state index is 11.8. The highest BCUT2D eigenvalue weighted by molar-refractivity contribution is 6.27. The first-order chi connectivity index (χ1) is 8.36. The van der Waals surface area contributed by atoms with Gasteiger partial charge in [-0.05, 0) is 17.5 Å². The molecule has 0 fully saturated rings. The average Bonchev–Trinajstić information content (AvgIpc) is 2.34. The van der Waals surface area contributed by atoms with Gasteiger partial charge >= 0.3 is 0 Å². The maximum Gasteiger partial charge on any atom is 0.237 e.